The van der Waals surface area contributed by atoms with Crippen molar-refractivity contribution in [2.24, 2.45) is 16.8 Å². The third-order valence-electron chi connectivity index (χ3n) is 3.92. The smallest absolute Gasteiger partial charge is 0.156 e. The molecule has 16 heavy (non-hydrogen) atoms. The molecule has 2 unspecified atom stereocenters. The van der Waals surface area contributed by atoms with E-state index in [1.807, 2.05) is 11.8 Å². The maximum atomic E-state index is 4.78. The maximum absolute atomic E-state index is 4.78. The quantitative estimate of drug-likeness (QED) is 0.801. The highest BCUT2D eigenvalue weighted by Gasteiger charge is 2.26. The highest BCUT2D eigenvalue weighted by molar-refractivity contribution is 8.13. The van der Waals surface area contributed by atoms with Crippen LogP contribution in [-0.4, -0.2) is 23.0 Å². The first-order chi connectivity index (χ1) is 7.57. The van der Waals surface area contributed by atoms with E-state index in [9.17, 15) is 0 Å². The van der Waals surface area contributed by atoms with E-state index in [-0.39, 0.29) is 5.54 Å². The molecule has 1 aliphatic carbocycles. The van der Waals surface area contributed by atoms with Crippen molar-refractivity contribution in [3.63, 3.8) is 0 Å². The fraction of sp³-hybridized carbons (Fsp3) is 0.923. The van der Waals surface area contributed by atoms with Gasteiger partial charge in [-0.15, -0.1) is 0 Å². The molecule has 0 aromatic heterocycles. The zero-order valence-corrected chi connectivity index (χ0v) is 11.6. The number of nitrogens with zero attached hydrogens (tertiary/aromatic N) is 1. The predicted molar refractivity (Wildman–Crippen MR) is 73.1 cm³/mol. The van der Waals surface area contributed by atoms with Crippen molar-refractivity contribution in [2.75, 3.05) is 12.3 Å². The van der Waals surface area contributed by atoms with Gasteiger partial charge in [0.2, 0.25) is 0 Å². The van der Waals surface area contributed by atoms with Crippen LogP contribution in [-0.2, 0) is 0 Å². The second kappa shape index (κ2) is 4.99. The van der Waals surface area contributed by atoms with Crippen molar-refractivity contribution in [2.45, 2.75) is 52.0 Å². The van der Waals surface area contributed by atoms with E-state index in [0.29, 0.717) is 0 Å². The fourth-order valence-corrected chi connectivity index (χ4v) is 3.89. The van der Waals surface area contributed by atoms with Gasteiger partial charge in [0.1, 0.15) is 0 Å². The summed E-state index contributed by atoms with van der Waals surface area (Å²) >= 11 is 1.89. The molecule has 3 heteroatoms. The fourth-order valence-electron chi connectivity index (χ4n) is 2.57. The average Bonchev–Trinajstić information content (AvgIpc) is 2.60. The largest absolute Gasteiger partial charge is 0.360 e. The van der Waals surface area contributed by atoms with Gasteiger partial charge in [-0.05, 0) is 38.5 Å². The number of thioether (sulfide) groups is 1. The van der Waals surface area contributed by atoms with Gasteiger partial charge in [-0.3, -0.25) is 4.99 Å². The average molecular weight is 240 g/mol. The third-order valence-corrected chi connectivity index (χ3v) is 4.83. The molecule has 2 aliphatic rings. The number of rotatable bonds is 2. The Bertz CT molecular complexity index is 273. The summed E-state index contributed by atoms with van der Waals surface area (Å²) in [7, 11) is 0. The van der Waals surface area contributed by atoms with Crippen LogP contribution < -0.4 is 5.32 Å². The summed E-state index contributed by atoms with van der Waals surface area (Å²) in [5.41, 5.74) is 0.241. The number of aliphatic imine (C=N–C) groups is 1. The SMILES string of the molecule is CC1CCCC1CN=C1NC(C)(C)CCS1. The second-order valence-electron chi connectivity index (χ2n) is 5.92. The highest BCUT2D eigenvalue weighted by atomic mass is 32.2. The zero-order valence-electron chi connectivity index (χ0n) is 10.8. The molecule has 1 N–H and O–H groups in total. The molecule has 1 heterocycles. The Morgan fingerprint density at radius 3 is 2.88 bits per heavy atom. The lowest BCUT2D eigenvalue weighted by Gasteiger charge is -2.32. The Kier molecular flexibility index (Phi) is 3.83. The molecule has 92 valence electrons. The minimum absolute atomic E-state index is 0.241. The molecule has 2 rings (SSSR count). The standard InChI is InChI=1S/C13H24N2S/c1-10-5-4-6-11(10)9-14-12-15-13(2,3)7-8-16-12/h10-11H,4-9H2,1-3H3,(H,14,15). The van der Waals surface area contributed by atoms with Crippen LogP contribution in [0.4, 0.5) is 0 Å². The lowest BCUT2D eigenvalue weighted by atomic mass is 9.99. The Morgan fingerprint density at radius 2 is 2.25 bits per heavy atom. The van der Waals surface area contributed by atoms with Crippen LogP contribution in [0.3, 0.4) is 0 Å². The molecule has 2 nitrogen and oxygen atoms in total. The lowest BCUT2D eigenvalue weighted by Crippen LogP contribution is -2.46. The van der Waals surface area contributed by atoms with Crippen LogP contribution >= 0.6 is 11.8 Å². The summed E-state index contributed by atoms with van der Waals surface area (Å²) < 4.78 is 0. The van der Waals surface area contributed by atoms with Crippen molar-refractivity contribution >= 4 is 16.9 Å². The zero-order chi connectivity index (χ0) is 11.6. The molecule has 0 radical (unpaired) electrons. The topological polar surface area (TPSA) is 24.4 Å². The summed E-state index contributed by atoms with van der Waals surface area (Å²) in [4.78, 5) is 4.78. The van der Waals surface area contributed by atoms with Gasteiger partial charge in [-0.25, -0.2) is 0 Å². The molecule has 1 saturated carbocycles. The molecule has 0 aromatic rings. The molecule has 0 bridgehead atoms. The van der Waals surface area contributed by atoms with Crippen LogP contribution in [0.2, 0.25) is 0 Å². The molecule has 2 fully saturated rings. The van der Waals surface area contributed by atoms with Crippen LogP contribution in [0.25, 0.3) is 0 Å². The Labute approximate surface area is 104 Å². The highest BCUT2D eigenvalue weighted by Crippen LogP contribution is 2.31. The van der Waals surface area contributed by atoms with Crippen molar-refractivity contribution in [3.8, 4) is 0 Å². The van der Waals surface area contributed by atoms with E-state index in [1.54, 1.807) is 0 Å². The lowest BCUT2D eigenvalue weighted by molar-refractivity contribution is 0.424. The summed E-state index contributed by atoms with van der Waals surface area (Å²) in [6, 6.07) is 0. The van der Waals surface area contributed by atoms with Gasteiger partial charge in [-0.1, -0.05) is 31.5 Å². The summed E-state index contributed by atoms with van der Waals surface area (Å²) in [5, 5.41) is 4.72. The molecule has 0 spiro atoms. The van der Waals surface area contributed by atoms with E-state index < -0.39 is 0 Å². The van der Waals surface area contributed by atoms with Crippen LogP contribution in [0.15, 0.2) is 4.99 Å². The van der Waals surface area contributed by atoms with E-state index in [1.165, 1.54) is 36.6 Å². The molecule has 0 aromatic carbocycles. The summed E-state index contributed by atoms with van der Waals surface area (Å²) in [5.74, 6) is 2.92. The minimum Gasteiger partial charge on any atom is -0.360 e. The van der Waals surface area contributed by atoms with E-state index >= 15 is 0 Å². The normalized spacial score (nSPS) is 36.3. The first-order valence-electron chi connectivity index (χ1n) is 6.52. The number of amidine groups is 1. The predicted octanol–water partition coefficient (Wildman–Crippen LogP) is 3.28. The Balaban J connectivity index is 1.87. The van der Waals surface area contributed by atoms with E-state index in [0.717, 1.165) is 18.4 Å². The molecule has 1 saturated heterocycles. The van der Waals surface area contributed by atoms with Crippen molar-refractivity contribution < 1.29 is 0 Å². The van der Waals surface area contributed by atoms with E-state index in [4.69, 9.17) is 4.99 Å². The summed E-state index contributed by atoms with van der Waals surface area (Å²) in [6.07, 6.45) is 5.42. The van der Waals surface area contributed by atoms with Crippen LogP contribution in [0, 0.1) is 11.8 Å². The minimum atomic E-state index is 0.241. The van der Waals surface area contributed by atoms with Crippen LogP contribution in [0.1, 0.15) is 46.5 Å². The maximum Gasteiger partial charge on any atom is 0.156 e. The van der Waals surface area contributed by atoms with Gasteiger partial charge in [0.25, 0.3) is 0 Å². The molecule has 0 amide bonds. The molecule has 2 atom stereocenters. The number of hydrogen-bond donors (Lipinski definition) is 1. The molecule has 1 aliphatic heterocycles. The number of hydrogen-bond acceptors (Lipinski definition) is 2. The van der Waals surface area contributed by atoms with Gasteiger partial charge in [-0.2, -0.15) is 0 Å². The monoisotopic (exact) mass is 240 g/mol. The Morgan fingerprint density at radius 1 is 1.44 bits per heavy atom. The van der Waals surface area contributed by atoms with Gasteiger partial charge < -0.3 is 5.32 Å². The molecular weight excluding hydrogens is 216 g/mol. The third kappa shape index (κ3) is 3.16. The Hall–Kier alpha value is -0.180. The second-order valence-corrected chi connectivity index (χ2v) is 7.01. The van der Waals surface area contributed by atoms with E-state index in [2.05, 4.69) is 26.1 Å². The van der Waals surface area contributed by atoms with Gasteiger partial charge in [0.05, 0.1) is 0 Å². The summed E-state index contributed by atoms with van der Waals surface area (Å²) in [6.45, 7) is 7.94. The van der Waals surface area contributed by atoms with Gasteiger partial charge in [0, 0.05) is 17.8 Å². The van der Waals surface area contributed by atoms with Crippen molar-refractivity contribution in [3.05, 3.63) is 0 Å². The number of nitrogens with one attached hydrogen (secondary N) is 1. The van der Waals surface area contributed by atoms with Gasteiger partial charge >= 0.3 is 0 Å². The molecular formula is C13H24N2S. The first kappa shape index (κ1) is 12.3. The van der Waals surface area contributed by atoms with Gasteiger partial charge in [0.15, 0.2) is 5.17 Å². The first-order valence-corrected chi connectivity index (χ1v) is 7.51. The van der Waals surface area contributed by atoms with Crippen molar-refractivity contribution in [1.29, 1.82) is 0 Å². The van der Waals surface area contributed by atoms with Crippen LogP contribution in [0.5, 0.6) is 0 Å². The van der Waals surface area contributed by atoms with Crippen molar-refractivity contribution in [1.82, 2.24) is 5.32 Å².